The number of nitrogens with zero attached hydrogens (tertiary/aromatic N) is 3. The molecule has 3 rings (SSSR count). The van der Waals surface area contributed by atoms with Crippen LogP contribution in [0.3, 0.4) is 0 Å². The number of guanidine groups is 1. The molecule has 0 atom stereocenters. The molecule has 0 radical (unpaired) electrons. The zero-order valence-electron chi connectivity index (χ0n) is 18.9. The van der Waals surface area contributed by atoms with E-state index < -0.39 is 0 Å². The molecule has 0 amide bonds. The van der Waals surface area contributed by atoms with E-state index in [0.717, 1.165) is 30.5 Å². The van der Waals surface area contributed by atoms with Crippen LogP contribution in [0.25, 0.3) is 0 Å². The highest BCUT2D eigenvalue weighted by Gasteiger charge is 2.34. The van der Waals surface area contributed by atoms with Crippen LogP contribution in [0.2, 0.25) is 0 Å². The lowest BCUT2D eigenvalue weighted by atomic mass is 9.69. The first-order chi connectivity index (χ1) is 14.0. The molecule has 1 aromatic carbocycles. The molecule has 1 saturated carbocycles. The molecule has 6 nitrogen and oxygen atoms in total. The summed E-state index contributed by atoms with van der Waals surface area (Å²) in [5, 5.41) is 11.6. The van der Waals surface area contributed by atoms with Crippen molar-refractivity contribution in [3.8, 4) is 5.75 Å². The number of ether oxygens (including phenoxy) is 1. The molecule has 1 aliphatic carbocycles. The summed E-state index contributed by atoms with van der Waals surface area (Å²) < 4.78 is 7.28. The van der Waals surface area contributed by atoms with Gasteiger partial charge in [-0.05, 0) is 44.4 Å². The minimum Gasteiger partial charge on any atom is -0.497 e. The summed E-state index contributed by atoms with van der Waals surface area (Å²) in [5.74, 6) is 1.75. The molecule has 2 aromatic rings. The van der Waals surface area contributed by atoms with Crippen LogP contribution >= 0.6 is 24.0 Å². The number of hydrogen-bond donors (Lipinski definition) is 2. The standard InChI is InChI=1S/C23H35N5O.HI/c1-17-21(18(2)28(4)27-17)15-25-22(24-3)26-16-23(13-7-6-8-14-23)19-9-11-20(29-5)12-10-19;/h9-12H,6-8,13-16H2,1-5H3,(H2,24,25,26);1H. The van der Waals surface area contributed by atoms with Gasteiger partial charge in [-0.2, -0.15) is 5.10 Å². The molecule has 30 heavy (non-hydrogen) atoms. The van der Waals surface area contributed by atoms with E-state index >= 15 is 0 Å². The van der Waals surface area contributed by atoms with Crippen LogP contribution in [-0.2, 0) is 19.0 Å². The largest absolute Gasteiger partial charge is 0.497 e. The van der Waals surface area contributed by atoms with Gasteiger partial charge in [0.2, 0.25) is 0 Å². The Morgan fingerprint density at radius 1 is 1.13 bits per heavy atom. The van der Waals surface area contributed by atoms with Crippen molar-refractivity contribution in [1.82, 2.24) is 20.4 Å². The van der Waals surface area contributed by atoms with E-state index in [1.807, 2.05) is 18.8 Å². The van der Waals surface area contributed by atoms with Crippen LogP contribution in [-0.4, -0.2) is 36.4 Å². The van der Waals surface area contributed by atoms with Crippen molar-refractivity contribution < 1.29 is 4.74 Å². The second-order valence-corrected chi connectivity index (χ2v) is 8.12. The SMILES string of the molecule is CN=C(NCc1c(C)nn(C)c1C)NCC1(c2ccc(OC)cc2)CCCCC1.I. The first-order valence-corrected chi connectivity index (χ1v) is 10.6. The topological polar surface area (TPSA) is 63.5 Å². The molecular weight excluding hydrogens is 489 g/mol. The van der Waals surface area contributed by atoms with Crippen molar-refractivity contribution in [2.75, 3.05) is 20.7 Å². The number of aliphatic imine (C=N–C) groups is 1. The monoisotopic (exact) mass is 525 g/mol. The molecule has 166 valence electrons. The first kappa shape index (κ1) is 24.5. The van der Waals surface area contributed by atoms with Gasteiger partial charge in [0.05, 0.1) is 12.8 Å². The normalized spacial score (nSPS) is 16.0. The number of aryl methyl sites for hydroxylation is 2. The highest BCUT2D eigenvalue weighted by molar-refractivity contribution is 14.0. The van der Waals surface area contributed by atoms with Crippen molar-refractivity contribution >= 4 is 29.9 Å². The van der Waals surface area contributed by atoms with Gasteiger partial charge in [0.15, 0.2) is 5.96 Å². The fraction of sp³-hybridized carbons (Fsp3) is 0.565. The van der Waals surface area contributed by atoms with Crippen molar-refractivity contribution in [3.05, 3.63) is 46.8 Å². The van der Waals surface area contributed by atoms with Gasteiger partial charge in [0.1, 0.15) is 5.75 Å². The van der Waals surface area contributed by atoms with Gasteiger partial charge in [0.25, 0.3) is 0 Å². The lowest BCUT2D eigenvalue weighted by molar-refractivity contribution is 0.291. The van der Waals surface area contributed by atoms with Crippen molar-refractivity contribution in [3.63, 3.8) is 0 Å². The molecule has 0 unspecified atom stereocenters. The molecule has 7 heteroatoms. The first-order valence-electron chi connectivity index (χ1n) is 10.6. The fourth-order valence-corrected chi connectivity index (χ4v) is 4.46. The van der Waals surface area contributed by atoms with Crippen LogP contribution < -0.4 is 15.4 Å². The number of aromatic nitrogens is 2. The molecule has 1 aromatic heterocycles. The molecule has 0 bridgehead atoms. The van der Waals surface area contributed by atoms with E-state index in [1.54, 1.807) is 7.11 Å². The number of hydrogen-bond acceptors (Lipinski definition) is 3. The van der Waals surface area contributed by atoms with E-state index in [1.165, 1.54) is 48.9 Å². The minimum atomic E-state index is 0. The minimum absolute atomic E-state index is 0. The van der Waals surface area contributed by atoms with E-state index in [0.29, 0.717) is 0 Å². The van der Waals surface area contributed by atoms with E-state index in [4.69, 9.17) is 4.74 Å². The summed E-state index contributed by atoms with van der Waals surface area (Å²) in [6, 6.07) is 8.61. The zero-order valence-corrected chi connectivity index (χ0v) is 21.2. The Kier molecular flexibility index (Phi) is 9.00. The molecule has 0 spiro atoms. The Bertz CT molecular complexity index is 838. The van der Waals surface area contributed by atoms with Crippen LogP contribution in [0, 0.1) is 13.8 Å². The summed E-state index contributed by atoms with van der Waals surface area (Å²) in [6.45, 7) is 5.76. The predicted octanol–water partition coefficient (Wildman–Crippen LogP) is 4.23. The van der Waals surface area contributed by atoms with Crippen LogP contribution in [0.1, 0.15) is 54.6 Å². The number of benzene rings is 1. The van der Waals surface area contributed by atoms with Crippen molar-refractivity contribution in [1.29, 1.82) is 0 Å². The van der Waals surface area contributed by atoms with Gasteiger partial charge < -0.3 is 15.4 Å². The number of nitrogens with one attached hydrogen (secondary N) is 2. The van der Waals surface area contributed by atoms with Gasteiger partial charge in [0, 0.05) is 43.9 Å². The smallest absolute Gasteiger partial charge is 0.191 e. The third kappa shape index (κ3) is 5.47. The zero-order chi connectivity index (χ0) is 20.9. The van der Waals surface area contributed by atoms with Gasteiger partial charge in [-0.25, -0.2) is 0 Å². The van der Waals surface area contributed by atoms with Gasteiger partial charge >= 0.3 is 0 Å². The summed E-state index contributed by atoms with van der Waals surface area (Å²) in [6.07, 6.45) is 6.26. The average Bonchev–Trinajstić information content (AvgIpc) is 3.00. The Morgan fingerprint density at radius 2 is 1.80 bits per heavy atom. The fourth-order valence-electron chi connectivity index (χ4n) is 4.46. The van der Waals surface area contributed by atoms with Gasteiger partial charge in [-0.3, -0.25) is 9.67 Å². The summed E-state index contributed by atoms with van der Waals surface area (Å²) in [5.41, 5.74) is 5.02. The van der Waals surface area contributed by atoms with Crippen LogP contribution in [0.15, 0.2) is 29.3 Å². The Labute approximate surface area is 197 Å². The lowest BCUT2D eigenvalue weighted by Crippen LogP contribution is -2.46. The molecular formula is C23H36IN5O. The molecule has 1 heterocycles. The maximum atomic E-state index is 5.35. The Hall–Kier alpha value is -1.77. The third-order valence-corrected chi connectivity index (χ3v) is 6.42. The maximum Gasteiger partial charge on any atom is 0.191 e. The second-order valence-electron chi connectivity index (χ2n) is 8.12. The molecule has 0 aliphatic heterocycles. The van der Waals surface area contributed by atoms with E-state index in [9.17, 15) is 0 Å². The van der Waals surface area contributed by atoms with E-state index in [-0.39, 0.29) is 29.4 Å². The summed E-state index contributed by atoms with van der Waals surface area (Å²) >= 11 is 0. The molecule has 0 saturated heterocycles. The highest BCUT2D eigenvalue weighted by Crippen LogP contribution is 2.39. The Morgan fingerprint density at radius 3 is 2.33 bits per heavy atom. The van der Waals surface area contributed by atoms with Crippen molar-refractivity contribution in [2.45, 2.75) is 57.9 Å². The number of rotatable bonds is 6. The maximum absolute atomic E-state index is 5.35. The third-order valence-electron chi connectivity index (χ3n) is 6.42. The quantitative estimate of drug-likeness (QED) is 0.337. The lowest BCUT2D eigenvalue weighted by Gasteiger charge is -2.38. The van der Waals surface area contributed by atoms with Crippen LogP contribution in [0.5, 0.6) is 5.75 Å². The van der Waals surface area contributed by atoms with Gasteiger partial charge in [-0.15, -0.1) is 24.0 Å². The van der Waals surface area contributed by atoms with Crippen molar-refractivity contribution in [2.24, 2.45) is 12.0 Å². The number of halogens is 1. The average molecular weight is 525 g/mol. The second kappa shape index (κ2) is 11.0. The number of methoxy groups -OCH3 is 1. The summed E-state index contributed by atoms with van der Waals surface area (Å²) in [4.78, 5) is 4.45. The predicted molar refractivity (Wildman–Crippen MR) is 134 cm³/mol. The van der Waals surface area contributed by atoms with Crippen LogP contribution in [0.4, 0.5) is 0 Å². The van der Waals surface area contributed by atoms with E-state index in [2.05, 4.69) is 58.8 Å². The molecule has 1 fully saturated rings. The Balaban J connectivity index is 0.00000320. The highest BCUT2D eigenvalue weighted by atomic mass is 127. The summed E-state index contributed by atoms with van der Waals surface area (Å²) in [7, 11) is 5.54. The molecule has 2 N–H and O–H groups in total. The molecule has 1 aliphatic rings. The van der Waals surface area contributed by atoms with Gasteiger partial charge in [-0.1, -0.05) is 31.4 Å².